The van der Waals surface area contributed by atoms with Gasteiger partial charge in [0.15, 0.2) is 5.96 Å². The fourth-order valence-electron chi connectivity index (χ4n) is 2.58. The summed E-state index contributed by atoms with van der Waals surface area (Å²) in [6.45, 7) is 3.37. The number of fused-ring (bicyclic) bond motifs is 1. The normalized spacial score (nSPS) is 11.5. The van der Waals surface area contributed by atoms with Crippen LogP contribution in [0.15, 0.2) is 65.7 Å². The van der Waals surface area contributed by atoms with Crippen LogP contribution >= 0.6 is 0 Å². The van der Waals surface area contributed by atoms with Gasteiger partial charge >= 0.3 is 0 Å². The van der Waals surface area contributed by atoms with Crippen LogP contribution in [0.25, 0.3) is 10.9 Å². The first-order chi connectivity index (χ1) is 12.2. The number of aliphatic imine (C=N–C) groups is 1. The summed E-state index contributed by atoms with van der Waals surface area (Å²) in [6.07, 6.45) is 0.995. The standard InChI is InChI=1S/C20H23N5/c1-2-15-6-5-8-17(14-15)24-20(21)23-13-12-22-19-11-10-16-7-3-4-9-18(16)25-19/h3-11,14H,2,12-13H2,1H3,(H,22,25)(H3,21,23,24). The maximum atomic E-state index is 5.95. The molecule has 1 heterocycles. The summed E-state index contributed by atoms with van der Waals surface area (Å²) in [6, 6.07) is 20.3. The average Bonchev–Trinajstić information content (AvgIpc) is 2.65. The highest BCUT2D eigenvalue weighted by atomic mass is 15.1. The Morgan fingerprint density at radius 2 is 1.96 bits per heavy atom. The summed E-state index contributed by atoms with van der Waals surface area (Å²) in [5.74, 6) is 1.26. The lowest BCUT2D eigenvalue weighted by atomic mass is 10.1. The molecule has 1 aromatic heterocycles. The van der Waals surface area contributed by atoms with Gasteiger partial charge in [-0.2, -0.15) is 0 Å². The van der Waals surface area contributed by atoms with E-state index in [1.165, 1.54) is 5.56 Å². The van der Waals surface area contributed by atoms with Crippen molar-refractivity contribution in [3.05, 3.63) is 66.2 Å². The Labute approximate surface area is 148 Å². The molecule has 2 aromatic carbocycles. The Hall–Kier alpha value is -3.08. The second-order valence-corrected chi connectivity index (χ2v) is 5.76. The molecule has 0 fully saturated rings. The molecule has 3 rings (SSSR count). The minimum Gasteiger partial charge on any atom is -0.370 e. The molecule has 0 radical (unpaired) electrons. The topological polar surface area (TPSA) is 75.3 Å². The zero-order valence-corrected chi connectivity index (χ0v) is 14.4. The lowest BCUT2D eigenvalue weighted by Crippen LogP contribution is -2.23. The molecule has 0 aliphatic carbocycles. The second kappa shape index (κ2) is 8.15. The van der Waals surface area contributed by atoms with Crippen molar-refractivity contribution in [1.82, 2.24) is 4.98 Å². The zero-order chi connectivity index (χ0) is 17.5. The summed E-state index contributed by atoms with van der Waals surface area (Å²) >= 11 is 0. The predicted molar refractivity (Wildman–Crippen MR) is 106 cm³/mol. The van der Waals surface area contributed by atoms with Gasteiger partial charge in [0.2, 0.25) is 0 Å². The van der Waals surface area contributed by atoms with E-state index in [1.807, 2.05) is 36.4 Å². The van der Waals surface area contributed by atoms with E-state index in [0.717, 1.165) is 28.8 Å². The fourth-order valence-corrected chi connectivity index (χ4v) is 2.58. The van der Waals surface area contributed by atoms with Crippen molar-refractivity contribution in [2.24, 2.45) is 10.7 Å². The quantitative estimate of drug-likeness (QED) is 0.366. The molecule has 4 N–H and O–H groups in total. The van der Waals surface area contributed by atoms with Crippen LogP contribution in [0.4, 0.5) is 11.5 Å². The van der Waals surface area contributed by atoms with Gasteiger partial charge in [0.05, 0.1) is 12.1 Å². The largest absolute Gasteiger partial charge is 0.370 e. The lowest BCUT2D eigenvalue weighted by Gasteiger charge is -2.08. The van der Waals surface area contributed by atoms with E-state index in [0.29, 0.717) is 19.0 Å². The molecule has 3 aromatic rings. The Morgan fingerprint density at radius 1 is 1.08 bits per heavy atom. The van der Waals surface area contributed by atoms with Crippen molar-refractivity contribution in [2.45, 2.75) is 13.3 Å². The number of anilines is 2. The first-order valence-corrected chi connectivity index (χ1v) is 8.50. The van der Waals surface area contributed by atoms with Crippen LogP contribution < -0.4 is 16.4 Å². The third kappa shape index (κ3) is 4.70. The lowest BCUT2D eigenvalue weighted by molar-refractivity contribution is 1.01. The number of para-hydroxylation sites is 1. The van der Waals surface area contributed by atoms with Gasteiger partial charge in [0.1, 0.15) is 5.82 Å². The molecule has 0 amide bonds. The highest BCUT2D eigenvalue weighted by molar-refractivity contribution is 5.92. The van der Waals surface area contributed by atoms with E-state index in [-0.39, 0.29) is 0 Å². The maximum absolute atomic E-state index is 5.95. The number of aryl methyl sites for hydroxylation is 1. The third-order valence-corrected chi connectivity index (χ3v) is 3.91. The monoisotopic (exact) mass is 333 g/mol. The summed E-state index contributed by atoms with van der Waals surface area (Å²) in [4.78, 5) is 8.92. The minimum atomic E-state index is 0.418. The van der Waals surface area contributed by atoms with E-state index in [1.54, 1.807) is 0 Å². The molecule has 0 bridgehead atoms. The van der Waals surface area contributed by atoms with Crippen molar-refractivity contribution >= 4 is 28.4 Å². The molecule has 5 heteroatoms. The number of nitrogens with one attached hydrogen (secondary N) is 2. The van der Waals surface area contributed by atoms with Gasteiger partial charge in [0.25, 0.3) is 0 Å². The van der Waals surface area contributed by atoms with Gasteiger partial charge in [-0.1, -0.05) is 37.3 Å². The van der Waals surface area contributed by atoms with Crippen LogP contribution in [0.3, 0.4) is 0 Å². The minimum absolute atomic E-state index is 0.418. The van der Waals surface area contributed by atoms with E-state index < -0.39 is 0 Å². The van der Waals surface area contributed by atoms with Crippen LogP contribution in [0.1, 0.15) is 12.5 Å². The van der Waals surface area contributed by atoms with Crippen LogP contribution in [-0.2, 0) is 6.42 Å². The molecule has 0 saturated carbocycles. The third-order valence-electron chi connectivity index (χ3n) is 3.91. The molecule has 128 valence electrons. The number of benzene rings is 2. The molecule has 0 aliphatic heterocycles. The Balaban J connectivity index is 1.51. The van der Waals surface area contributed by atoms with Gasteiger partial charge in [0, 0.05) is 17.6 Å². The highest BCUT2D eigenvalue weighted by Crippen LogP contribution is 2.14. The Kier molecular flexibility index (Phi) is 5.46. The smallest absolute Gasteiger partial charge is 0.193 e. The molecule has 0 spiro atoms. The number of pyridine rings is 1. The van der Waals surface area contributed by atoms with Crippen molar-refractivity contribution in [1.29, 1.82) is 0 Å². The second-order valence-electron chi connectivity index (χ2n) is 5.76. The molecular formula is C20H23N5. The van der Waals surface area contributed by atoms with E-state index in [9.17, 15) is 0 Å². The highest BCUT2D eigenvalue weighted by Gasteiger charge is 1.98. The first kappa shape index (κ1) is 16.8. The van der Waals surface area contributed by atoms with Gasteiger partial charge < -0.3 is 16.4 Å². The number of aromatic nitrogens is 1. The van der Waals surface area contributed by atoms with Gasteiger partial charge in [-0.3, -0.25) is 4.99 Å². The molecule has 0 saturated heterocycles. The zero-order valence-electron chi connectivity index (χ0n) is 14.4. The molecular weight excluding hydrogens is 310 g/mol. The van der Waals surface area contributed by atoms with Crippen LogP contribution in [-0.4, -0.2) is 24.0 Å². The summed E-state index contributed by atoms with van der Waals surface area (Å²) in [7, 11) is 0. The first-order valence-electron chi connectivity index (χ1n) is 8.50. The van der Waals surface area contributed by atoms with Gasteiger partial charge in [-0.25, -0.2) is 4.98 Å². The number of rotatable bonds is 6. The fraction of sp³-hybridized carbons (Fsp3) is 0.200. The van der Waals surface area contributed by atoms with E-state index in [4.69, 9.17) is 5.73 Å². The summed E-state index contributed by atoms with van der Waals surface area (Å²) < 4.78 is 0. The number of nitrogens with two attached hydrogens (primary N) is 1. The van der Waals surface area contributed by atoms with Crippen molar-refractivity contribution in [2.75, 3.05) is 23.7 Å². The number of hydrogen-bond donors (Lipinski definition) is 3. The summed E-state index contributed by atoms with van der Waals surface area (Å²) in [5.41, 5.74) is 9.15. The van der Waals surface area contributed by atoms with Crippen molar-refractivity contribution in [3.63, 3.8) is 0 Å². The maximum Gasteiger partial charge on any atom is 0.193 e. The Bertz CT molecular complexity index is 873. The number of hydrogen-bond acceptors (Lipinski definition) is 3. The van der Waals surface area contributed by atoms with Crippen LogP contribution in [0.5, 0.6) is 0 Å². The van der Waals surface area contributed by atoms with Crippen LogP contribution in [0.2, 0.25) is 0 Å². The Morgan fingerprint density at radius 3 is 2.84 bits per heavy atom. The molecule has 0 aliphatic rings. The number of guanidine groups is 1. The SMILES string of the molecule is CCc1cccc(NC(N)=NCCNc2ccc3ccccc3n2)c1. The van der Waals surface area contributed by atoms with E-state index >= 15 is 0 Å². The predicted octanol–water partition coefficient (Wildman–Crippen LogP) is 3.64. The molecule has 0 unspecified atom stereocenters. The molecule has 25 heavy (non-hydrogen) atoms. The van der Waals surface area contributed by atoms with Gasteiger partial charge in [-0.05, 0) is 42.3 Å². The van der Waals surface area contributed by atoms with Crippen LogP contribution in [0, 0.1) is 0 Å². The van der Waals surface area contributed by atoms with Crippen molar-refractivity contribution in [3.8, 4) is 0 Å². The number of nitrogens with zero attached hydrogens (tertiary/aromatic N) is 2. The van der Waals surface area contributed by atoms with Gasteiger partial charge in [-0.15, -0.1) is 0 Å². The molecule has 0 atom stereocenters. The molecule has 5 nitrogen and oxygen atoms in total. The van der Waals surface area contributed by atoms with Crippen molar-refractivity contribution < 1.29 is 0 Å². The van der Waals surface area contributed by atoms with E-state index in [2.05, 4.69) is 51.8 Å². The summed E-state index contributed by atoms with van der Waals surface area (Å²) in [5, 5.41) is 7.53. The average molecular weight is 333 g/mol.